The zero-order valence-electron chi connectivity index (χ0n) is 11.8. The lowest BCUT2D eigenvalue weighted by Gasteiger charge is -2.20. The molecule has 0 radical (unpaired) electrons. The van der Waals surface area contributed by atoms with E-state index < -0.39 is 0 Å². The molecule has 1 atom stereocenters. The van der Waals surface area contributed by atoms with Gasteiger partial charge in [-0.2, -0.15) is 0 Å². The summed E-state index contributed by atoms with van der Waals surface area (Å²) < 4.78 is 0. The van der Waals surface area contributed by atoms with Gasteiger partial charge in [-0.1, -0.05) is 51.8 Å². The van der Waals surface area contributed by atoms with Gasteiger partial charge in [0.05, 0.1) is 0 Å². The lowest BCUT2D eigenvalue weighted by molar-refractivity contribution is 0.519. The predicted octanol–water partition coefficient (Wildman–Crippen LogP) is 4.26. The highest BCUT2D eigenvalue weighted by molar-refractivity contribution is 5.34. The molecular weight excluding hydrogens is 206 g/mol. The van der Waals surface area contributed by atoms with Crippen molar-refractivity contribution >= 4 is 0 Å². The molecule has 0 heterocycles. The smallest absolute Gasteiger partial charge is 0.0320 e. The van der Waals surface area contributed by atoms with E-state index >= 15 is 0 Å². The third-order valence-corrected chi connectivity index (χ3v) is 3.57. The van der Waals surface area contributed by atoms with Crippen molar-refractivity contribution < 1.29 is 0 Å². The molecule has 1 N–H and O–H groups in total. The van der Waals surface area contributed by atoms with E-state index in [4.69, 9.17) is 0 Å². The maximum atomic E-state index is 3.48. The quantitative estimate of drug-likeness (QED) is 0.742. The molecule has 1 unspecified atom stereocenters. The summed E-state index contributed by atoms with van der Waals surface area (Å²) in [6.45, 7) is 6.73. The van der Waals surface area contributed by atoms with Gasteiger partial charge in [0, 0.05) is 6.04 Å². The molecule has 0 aliphatic carbocycles. The van der Waals surface area contributed by atoms with Gasteiger partial charge in [-0.15, -0.1) is 0 Å². The fourth-order valence-electron chi connectivity index (χ4n) is 2.37. The number of benzene rings is 1. The van der Waals surface area contributed by atoms with E-state index in [1.165, 1.54) is 36.0 Å². The molecule has 1 nitrogen and oxygen atoms in total. The van der Waals surface area contributed by atoms with Crippen LogP contribution >= 0.6 is 0 Å². The zero-order valence-corrected chi connectivity index (χ0v) is 11.8. The van der Waals surface area contributed by atoms with Crippen LogP contribution in [0.2, 0.25) is 0 Å². The van der Waals surface area contributed by atoms with E-state index in [-0.39, 0.29) is 0 Å². The minimum absolute atomic E-state index is 0.524. The van der Waals surface area contributed by atoms with Gasteiger partial charge in [-0.05, 0) is 43.0 Å². The Bertz CT molecular complexity index is 330. The Morgan fingerprint density at radius 3 is 2.41 bits per heavy atom. The first-order chi connectivity index (χ1) is 8.26. The molecule has 17 heavy (non-hydrogen) atoms. The van der Waals surface area contributed by atoms with Crippen LogP contribution in [0.15, 0.2) is 18.2 Å². The van der Waals surface area contributed by atoms with Gasteiger partial charge < -0.3 is 5.32 Å². The van der Waals surface area contributed by atoms with Crippen molar-refractivity contribution in [3.63, 3.8) is 0 Å². The van der Waals surface area contributed by atoms with Gasteiger partial charge in [0.1, 0.15) is 0 Å². The van der Waals surface area contributed by atoms with Crippen LogP contribution in [-0.4, -0.2) is 7.05 Å². The van der Waals surface area contributed by atoms with Crippen LogP contribution in [0.4, 0.5) is 0 Å². The number of rotatable bonds is 7. The third kappa shape index (κ3) is 3.85. The van der Waals surface area contributed by atoms with Crippen LogP contribution in [0.3, 0.4) is 0 Å². The lowest BCUT2D eigenvalue weighted by atomic mass is 9.92. The number of hydrogen-bond donors (Lipinski definition) is 1. The summed E-state index contributed by atoms with van der Waals surface area (Å²) in [5.41, 5.74) is 4.47. The highest BCUT2D eigenvalue weighted by Crippen LogP contribution is 2.24. The Kier molecular flexibility index (Phi) is 6.28. The van der Waals surface area contributed by atoms with Crippen molar-refractivity contribution in [2.45, 2.75) is 58.9 Å². The average Bonchev–Trinajstić information content (AvgIpc) is 2.39. The summed E-state index contributed by atoms with van der Waals surface area (Å²) in [5, 5.41) is 3.48. The van der Waals surface area contributed by atoms with Crippen molar-refractivity contribution in [3.05, 3.63) is 34.9 Å². The molecule has 0 aliphatic heterocycles. The van der Waals surface area contributed by atoms with Gasteiger partial charge in [-0.25, -0.2) is 0 Å². The second kappa shape index (κ2) is 7.50. The molecule has 96 valence electrons. The second-order valence-electron chi connectivity index (χ2n) is 4.72. The summed E-state index contributed by atoms with van der Waals surface area (Å²) >= 11 is 0. The van der Waals surface area contributed by atoms with Crippen LogP contribution < -0.4 is 5.32 Å². The highest BCUT2D eigenvalue weighted by Gasteiger charge is 2.12. The molecule has 0 aliphatic rings. The summed E-state index contributed by atoms with van der Waals surface area (Å²) in [6.07, 6.45) is 6.07. The molecule has 1 aromatic rings. The van der Waals surface area contributed by atoms with Gasteiger partial charge in [0.2, 0.25) is 0 Å². The SMILES string of the molecule is CCCCC(NC)c1cc(CC)ccc1CC. The Hall–Kier alpha value is -0.820. The van der Waals surface area contributed by atoms with Crippen molar-refractivity contribution in [2.24, 2.45) is 0 Å². The van der Waals surface area contributed by atoms with Crippen molar-refractivity contribution in [3.8, 4) is 0 Å². The maximum Gasteiger partial charge on any atom is 0.0320 e. The first-order valence-corrected chi connectivity index (χ1v) is 7.05. The fraction of sp³-hybridized carbons (Fsp3) is 0.625. The van der Waals surface area contributed by atoms with Crippen molar-refractivity contribution in [2.75, 3.05) is 7.05 Å². The molecule has 0 saturated heterocycles. The monoisotopic (exact) mass is 233 g/mol. The number of unbranched alkanes of at least 4 members (excludes halogenated alkanes) is 1. The highest BCUT2D eigenvalue weighted by atomic mass is 14.9. The number of nitrogens with one attached hydrogen (secondary N) is 1. The summed E-state index contributed by atoms with van der Waals surface area (Å²) in [6, 6.07) is 7.51. The zero-order chi connectivity index (χ0) is 12.7. The largest absolute Gasteiger partial charge is 0.313 e. The maximum absolute atomic E-state index is 3.48. The van der Waals surface area contributed by atoms with E-state index in [0.29, 0.717) is 6.04 Å². The van der Waals surface area contributed by atoms with Gasteiger partial charge in [-0.3, -0.25) is 0 Å². The van der Waals surface area contributed by atoms with Crippen LogP contribution in [0, 0.1) is 0 Å². The van der Waals surface area contributed by atoms with Crippen LogP contribution in [-0.2, 0) is 12.8 Å². The minimum atomic E-state index is 0.524. The van der Waals surface area contributed by atoms with Gasteiger partial charge in [0.15, 0.2) is 0 Å². The fourth-order valence-corrected chi connectivity index (χ4v) is 2.37. The van der Waals surface area contributed by atoms with E-state index in [2.05, 4.69) is 51.3 Å². The molecular formula is C16H27N. The topological polar surface area (TPSA) is 12.0 Å². The Morgan fingerprint density at radius 1 is 1.12 bits per heavy atom. The first-order valence-electron chi connectivity index (χ1n) is 7.05. The number of aryl methyl sites for hydroxylation is 2. The minimum Gasteiger partial charge on any atom is -0.313 e. The molecule has 0 bridgehead atoms. The molecule has 0 amide bonds. The molecule has 0 fully saturated rings. The molecule has 0 aromatic heterocycles. The van der Waals surface area contributed by atoms with Gasteiger partial charge in [0.25, 0.3) is 0 Å². The second-order valence-corrected chi connectivity index (χ2v) is 4.72. The van der Waals surface area contributed by atoms with Crippen LogP contribution in [0.1, 0.15) is 62.8 Å². The van der Waals surface area contributed by atoms with E-state index in [9.17, 15) is 0 Å². The van der Waals surface area contributed by atoms with Crippen LogP contribution in [0.5, 0.6) is 0 Å². The third-order valence-electron chi connectivity index (χ3n) is 3.57. The van der Waals surface area contributed by atoms with Gasteiger partial charge >= 0.3 is 0 Å². The molecule has 1 heteroatoms. The molecule has 0 spiro atoms. The Balaban J connectivity index is 2.97. The van der Waals surface area contributed by atoms with Crippen molar-refractivity contribution in [1.29, 1.82) is 0 Å². The Labute approximate surface area is 107 Å². The Morgan fingerprint density at radius 2 is 1.88 bits per heavy atom. The van der Waals surface area contributed by atoms with Crippen molar-refractivity contribution in [1.82, 2.24) is 5.32 Å². The van der Waals surface area contributed by atoms with E-state index in [0.717, 1.165) is 12.8 Å². The van der Waals surface area contributed by atoms with E-state index in [1.54, 1.807) is 0 Å². The summed E-state index contributed by atoms with van der Waals surface area (Å²) in [7, 11) is 2.08. The summed E-state index contributed by atoms with van der Waals surface area (Å²) in [4.78, 5) is 0. The standard InChI is InChI=1S/C16H27N/c1-5-8-9-16(17-4)15-12-13(6-2)10-11-14(15)7-3/h10-12,16-17H,5-9H2,1-4H3. The first kappa shape index (κ1) is 14.2. The lowest BCUT2D eigenvalue weighted by Crippen LogP contribution is -2.18. The van der Waals surface area contributed by atoms with Crippen LogP contribution in [0.25, 0.3) is 0 Å². The predicted molar refractivity (Wildman–Crippen MR) is 76.5 cm³/mol. The molecule has 1 aromatic carbocycles. The molecule has 0 saturated carbocycles. The average molecular weight is 233 g/mol. The van der Waals surface area contributed by atoms with E-state index in [1.807, 2.05) is 0 Å². The number of hydrogen-bond acceptors (Lipinski definition) is 1. The summed E-state index contributed by atoms with van der Waals surface area (Å²) in [5.74, 6) is 0. The normalized spacial score (nSPS) is 12.7. The molecule has 1 rings (SSSR count).